The summed E-state index contributed by atoms with van der Waals surface area (Å²) in [5.74, 6) is -4.12. The third-order valence-corrected chi connectivity index (χ3v) is 16.4. The van der Waals surface area contributed by atoms with Crippen LogP contribution >= 0.6 is 0 Å². The van der Waals surface area contributed by atoms with Gasteiger partial charge in [-0.15, -0.1) is 0 Å². The first kappa shape index (κ1) is 88.7. The van der Waals surface area contributed by atoms with E-state index in [1.807, 2.05) is 6.92 Å². The number of nitrogens with one attached hydrogen (secondary N) is 9. The zero-order chi connectivity index (χ0) is 74.2. The second kappa shape index (κ2) is 49.2. The molecule has 9 amide bonds. The predicted molar refractivity (Wildman–Crippen MR) is 351 cm³/mol. The second-order valence-electron chi connectivity index (χ2n) is 25.8. The maximum atomic E-state index is 13.1. The Labute approximate surface area is 583 Å². The Balaban J connectivity index is 1.38. The van der Waals surface area contributed by atoms with Gasteiger partial charge in [0.2, 0.25) is 53.2 Å². The lowest BCUT2D eigenvalue weighted by Gasteiger charge is -2.42. The van der Waals surface area contributed by atoms with E-state index in [2.05, 4.69) is 47.9 Å². The van der Waals surface area contributed by atoms with Crippen LogP contribution in [0.4, 0.5) is 0 Å². The van der Waals surface area contributed by atoms with Crippen LogP contribution in [-0.2, 0) is 85.8 Å². The van der Waals surface area contributed by atoms with E-state index in [0.29, 0.717) is 77.4 Å². The van der Waals surface area contributed by atoms with E-state index in [1.165, 1.54) is 20.8 Å². The molecule has 18 N–H and O–H groups in total. The van der Waals surface area contributed by atoms with E-state index in [4.69, 9.17) is 42.6 Å². The lowest BCUT2D eigenvalue weighted by molar-refractivity contribution is -0.270. The van der Waals surface area contributed by atoms with Crippen LogP contribution in [0.15, 0.2) is 0 Å². The fourth-order valence-corrected chi connectivity index (χ4v) is 10.6. The number of unbranched alkanes of at least 4 members (excludes halogenated alkanes) is 3. The van der Waals surface area contributed by atoms with E-state index in [-0.39, 0.29) is 140 Å². The molecule has 0 saturated carbocycles. The van der Waals surface area contributed by atoms with E-state index in [1.54, 1.807) is 13.8 Å². The molecule has 0 bridgehead atoms. The van der Waals surface area contributed by atoms with Crippen molar-refractivity contribution < 1.29 is 132 Å². The summed E-state index contributed by atoms with van der Waals surface area (Å²) in [7, 11) is 0. The van der Waals surface area contributed by atoms with Gasteiger partial charge >= 0.3 is 0 Å². The Kier molecular flexibility index (Phi) is 43.7. The summed E-state index contributed by atoms with van der Waals surface area (Å²) in [6, 6.07) is -3.22. The van der Waals surface area contributed by atoms with E-state index >= 15 is 0 Å². The number of rotatable bonds is 51. The molecule has 0 spiro atoms. The van der Waals surface area contributed by atoms with Crippen molar-refractivity contribution in [3.8, 4) is 0 Å². The summed E-state index contributed by atoms with van der Waals surface area (Å²) in [5, 5.41) is 115. The molecule has 17 atom stereocenters. The molecule has 100 heavy (non-hydrogen) atoms. The SMILES string of the molecule is CC(=O)NC1C(OCCCCC(=O)NCCCNC(=O)CCOCC(C)(COCC(C)C(=O)NCCCNC(=O)CCCCOC2OC(CO)C(O)C(O)C2NC(C)=O)COCC(C)C(=O)NCCCNC(=O)CCCCOC2OC(CO)C(O)C(O)C2NC(C)=O)OC(CO)C(O)C1O. The van der Waals surface area contributed by atoms with E-state index in [9.17, 15) is 89.1 Å². The number of aliphatic hydroxyl groups is 9. The van der Waals surface area contributed by atoms with Crippen LogP contribution in [0.25, 0.3) is 0 Å². The summed E-state index contributed by atoms with van der Waals surface area (Å²) in [5.41, 5.74) is -0.819. The predicted octanol–water partition coefficient (Wildman–Crippen LogP) is -6.04. The first-order valence-electron chi connectivity index (χ1n) is 34.5. The lowest BCUT2D eigenvalue weighted by Crippen LogP contribution is -2.64. The minimum Gasteiger partial charge on any atom is -0.394 e. The fourth-order valence-electron chi connectivity index (χ4n) is 10.6. The highest BCUT2D eigenvalue weighted by atomic mass is 16.7. The summed E-state index contributed by atoms with van der Waals surface area (Å²) >= 11 is 0. The number of carbonyl (C=O) groups is 9. The topological polar surface area (TPSA) is 527 Å². The van der Waals surface area contributed by atoms with Crippen LogP contribution in [-0.4, -0.2) is 310 Å². The van der Waals surface area contributed by atoms with Crippen molar-refractivity contribution in [1.82, 2.24) is 47.9 Å². The van der Waals surface area contributed by atoms with Crippen molar-refractivity contribution in [3.63, 3.8) is 0 Å². The average Bonchev–Trinajstić information content (AvgIpc) is 0.829. The van der Waals surface area contributed by atoms with Crippen molar-refractivity contribution in [2.24, 2.45) is 17.3 Å². The average molecular weight is 1440 g/mol. The van der Waals surface area contributed by atoms with Crippen LogP contribution < -0.4 is 47.9 Å². The van der Waals surface area contributed by atoms with E-state index < -0.39 is 147 Å². The normalized spacial score (nSPS) is 26.4. The monoisotopic (exact) mass is 1440 g/mol. The van der Waals surface area contributed by atoms with Crippen LogP contribution in [0.1, 0.15) is 125 Å². The fraction of sp³-hybridized carbons (Fsp3) is 0.859. The molecule has 3 saturated heterocycles. The van der Waals surface area contributed by atoms with Gasteiger partial charge in [0.15, 0.2) is 18.9 Å². The Morgan fingerprint density at radius 3 is 0.950 bits per heavy atom. The molecule has 3 rings (SSSR count). The number of amides is 9. The highest BCUT2D eigenvalue weighted by Crippen LogP contribution is 2.26. The number of carbonyl (C=O) groups excluding carboxylic acids is 9. The smallest absolute Gasteiger partial charge is 0.225 e. The van der Waals surface area contributed by atoms with Crippen molar-refractivity contribution >= 4 is 53.2 Å². The van der Waals surface area contributed by atoms with Crippen molar-refractivity contribution in [2.75, 3.05) is 119 Å². The minimum atomic E-state index is -1.44. The highest BCUT2D eigenvalue weighted by molar-refractivity contribution is 5.79. The third kappa shape index (κ3) is 34.2. The van der Waals surface area contributed by atoms with Crippen LogP contribution in [0.3, 0.4) is 0 Å². The maximum absolute atomic E-state index is 13.1. The minimum absolute atomic E-state index is 0.0125. The molecule has 0 radical (unpaired) electrons. The quantitative estimate of drug-likeness (QED) is 0.0252. The lowest BCUT2D eigenvalue weighted by atomic mass is 9.94. The van der Waals surface area contributed by atoms with Gasteiger partial charge in [-0.3, -0.25) is 43.2 Å². The molecule has 36 heteroatoms. The molecule has 578 valence electrons. The first-order chi connectivity index (χ1) is 47.6. The van der Waals surface area contributed by atoms with Crippen molar-refractivity contribution in [3.05, 3.63) is 0 Å². The van der Waals surface area contributed by atoms with Crippen LogP contribution in [0.2, 0.25) is 0 Å². The Morgan fingerprint density at radius 2 is 0.660 bits per heavy atom. The number of aliphatic hydroxyl groups excluding tert-OH is 9. The summed E-state index contributed by atoms with van der Waals surface area (Å²) in [6.45, 7) is 9.47. The summed E-state index contributed by atoms with van der Waals surface area (Å²) in [6.07, 6.45) is -11.0. The number of hydrogen-bond acceptors (Lipinski definition) is 27. The van der Waals surface area contributed by atoms with Crippen LogP contribution in [0.5, 0.6) is 0 Å². The second-order valence-corrected chi connectivity index (χ2v) is 25.8. The van der Waals surface area contributed by atoms with Gasteiger partial charge in [0, 0.05) is 111 Å². The largest absolute Gasteiger partial charge is 0.394 e. The molecule has 3 aliphatic heterocycles. The molecule has 17 unspecified atom stereocenters. The highest BCUT2D eigenvalue weighted by Gasteiger charge is 2.48. The zero-order valence-electron chi connectivity index (χ0n) is 58.6. The molecule has 36 nitrogen and oxygen atoms in total. The van der Waals surface area contributed by atoms with Gasteiger partial charge in [-0.05, 0) is 57.8 Å². The Morgan fingerprint density at radius 1 is 0.380 bits per heavy atom. The van der Waals surface area contributed by atoms with Gasteiger partial charge < -0.3 is 136 Å². The zero-order valence-corrected chi connectivity index (χ0v) is 58.6. The molecule has 3 heterocycles. The Bertz CT molecular complexity index is 2320. The molecule has 0 aromatic rings. The van der Waals surface area contributed by atoms with Gasteiger partial charge in [-0.2, -0.15) is 0 Å². The molecule has 0 aliphatic carbocycles. The van der Waals surface area contributed by atoms with Gasteiger partial charge in [-0.1, -0.05) is 20.8 Å². The van der Waals surface area contributed by atoms with Crippen molar-refractivity contribution in [2.45, 2.75) is 217 Å². The van der Waals surface area contributed by atoms with Gasteiger partial charge in [-0.25, -0.2) is 0 Å². The summed E-state index contributed by atoms with van der Waals surface area (Å²) in [4.78, 5) is 111. The molecular weight excluding hydrogens is 1330 g/mol. The van der Waals surface area contributed by atoms with Gasteiger partial charge in [0.25, 0.3) is 0 Å². The molecule has 0 aromatic carbocycles. The van der Waals surface area contributed by atoms with Gasteiger partial charge in [0.05, 0.1) is 71.3 Å². The van der Waals surface area contributed by atoms with Crippen LogP contribution in [0, 0.1) is 17.3 Å². The van der Waals surface area contributed by atoms with Gasteiger partial charge in [0.1, 0.15) is 73.1 Å². The van der Waals surface area contributed by atoms with E-state index in [0.717, 1.165) is 0 Å². The number of ether oxygens (including phenoxy) is 9. The maximum Gasteiger partial charge on any atom is 0.225 e. The Hall–Kier alpha value is -5.49. The number of hydrogen-bond donors (Lipinski definition) is 18. The summed E-state index contributed by atoms with van der Waals surface area (Å²) < 4.78 is 51.8. The molecule has 0 aromatic heterocycles. The van der Waals surface area contributed by atoms with Crippen molar-refractivity contribution in [1.29, 1.82) is 0 Å². The first-order valence-corrected chi connectivity index (χ1v) is 34.5. The third-order valence-electron chi connectivity index (χ3n) is 16.4. The molecular formula is C64H115N9O27. The molecule has 3 fully saturated rings. The molecule has 3 aliphatic rings. The standard InChI is InChI=1S/C64H115N9O27/c1-38(59(90)69-24-14-22-66-47(81)17-8-11-27-96-62-51(72-41(4)78)57(88)54(85)44(31-75)99-62)33-93-36-64(6,35-92-29-19-49(83)68-21-13-20-65-46(80)16-7-10-26-95-61-50(71-40(3)77)56(87)53(84)43(30-74)98-61)37-94-34-39(2)60(91)70-25-15-23-67-48(82)18-9-12-28-97-63-52(73-42(5)79)58(89)55(86)45(32-76)100-63/h38-39,43-45,50-58,61-63,74-76,84-89H,7-37H2,1-6H3,(H,65,80)(H,66,81)(H,67,82)(H,68,83)(H,69,90)(H,70,91)(H,71,77)(H,72,78)(H,73,79).